The maximum absolute atomic E-state index is 12.8. The van der Waals surface area contributed by atoms with E-state index in [0.717, 1.165) is 44.6 Å². The van der Waals surface area contributed by atoms with Crippen LogP contribution in [0.15, 0.2) is 60.7 Å². The molecule has 0 spiro atoms. The highest BCUT2D eigenvalue weighted by Crippen LogP contribution is 2.27. The van der Waals surface area contributed by atoms with Crippen molar-refractivity contribution in [1.29, 1.82) is 0 Å². The second-order valence-corrected chi connectivity index (χ2v) is 7.29. The van der Waals surface area contributed by atoms with Gasteiger partial charge in [0.2, 0.25) is 0 Å². The molecule has 130 valence electrons. The Balaban J connectivity index is 1.39. The fourth-order valence-corrected chi connectivity index (χ4v) is 4.30. The largest absolute Gasteiger partial charge is 0.370 e. The summed E-state index contributed by atoms with van der Waals surface area (Å²) in [5, 5.41) is 0. The zero-order valence-corrected chi connectivity index (χ0v) is 14.7. The first kappa shape index (κ1) is 16.3. The fourth-order valence-electron chi connectivity index (χ4n) is 4.30. The SMILES string of the molecule is O=C(c1ccccc1)[C@@H]1CCCN([C@@H]2CCN(c3ccccc3)C2)C1. The molecule has 2 aliphatic rings. The Morgan fingerprint density at radius 1 is 0.840 bits per heavy atom. The van der Waals surface area contributed by atoms with E-state index in [9.17, 15) is 4.79 Å². The average molecular weight is 334 g/mol. The van der Waals surface area contributed by atoms with Gasteiger partial charge in [0.05, 0.1) is 0 Å². The van der Waals surface area contributed by atoms with Crippen LogP contribution >= 0.6 is 0 Å². The number of carbonyl (C=O) groups excluding carboxylic acids is 1. The van der Waals surface area contributed by atoms with Crippen molar-refractivity contribution in [3.8, 4) is 0 Å². The molecule has 2 aliphatic heterocycles. The lowest BCUT2D eigenvalue weighted by molar-refractivity contribution is 0.0770. The lowest BCUT2D eigenvalue weighted by Gasteiger charge is -2.36. The molecule has 0 N–H and O–H groups in total. The Hall–Kier alpha value is -2.13. The lowest BCUT2D eigenvalue weighted by Crippen LogP contribution is -2.45. The molecule has 0 aromatic heterocycles. The summed E-state index contributed by atoms with van der Waals surface area (Å²) in [6.07, 6.45) is 3.35. The number of carbonyl (C=O) groups is 1. The molecule has 0 radical (unpaired) electrons. The molecule has 0 amide bonds. The molecule has 0 saturated carbocycles. The van der Waals surface area contributed by atoms with Crippen LogP contribution < -0.4 is 4.90 Å². The summed E-state index contributed by atoms with van der Waals surface area (Å²) in [5.41, 5.74) is 2.19. The monoisotopic (exact) mass is 334 g/mol. The number of para-hydroxylation sites is 1. The normalized spacial score (nSPS) is 24.4. The molecule has 3 heteroatoms. The van der Waals surface area contributed by atoms with Gasteiger partial charge in [-0.2, -0.15) is 0 Å². The molecule has 3 nitrogen and oxygen atoms in total. The summed E-state index contributed by atoms with van der Waals surface area (Å²) in [6, 6.07) is 21.1. The van der Waals surface area contributed by atoms with Gasteiger partial charge in [0.15, 0.2) is 5.78 Å². The van der Waals surface area contributed by atoms with E-state index in [1.807, 2.05) is 30.3 Å². The van der Waals surface area contributed by atoms with Crippen LogP contribution in [0.3, 0.4) is 0 Å². The third-order valence-electron chi connectivity index (χ3n) is 5.68. The quantitative estimate of drug-likeness (QED) is 0.793. The van der Waals surface area contributed by atoms with Crippen LogP contribution in [0.1, 0.15) is 29.6 Å². The molecular weight excluding hydrogens is 308 g/mol. The van der Waals surface area contributed by atoms with Crippen molar-refractivity contribution < 1.29 is 4.79 Å². The van der Waals surface area contributed by atoms with Crippen LogP contribution in [-0.2, 0) is 0 Å². The van der Waals surface area contributed by atoms with Crippen molar-refractivity contribution in [2.45, 2.75) is 25.3 Å². The van der Waals surface area contributed by atoms with Gasteiger partial charge < -0.3 is 4.90 Å². The van der Waals surface area contributed by atoms with Crippen molar-refractivity contribution in [2.75, 3.05) is 31.1 Å². The number of ketones is 1. The zero-order valence-electron chi connectivity index (χ0n) is 14.7. The summed E-state index contributed by atoms with van der Waals surface area (Å²) >= 11 is 0. The number of rotatable bonds is 4. The average Bonchev–Trinajstić information content (AvgIpc) is 3.19. The topological polar surface area (TPSA) is 23.6 Å². The van der Waals surface area contributed by atoms with E-state index in [0.29, 0.717) is 11.8 Å². The number of likely N-dealkylation sites (tertiary alicyclic amines) is 1. The highest BCUT2D eigenvalue weighted by molar-refractivity contribution is 5.98. The Morgan fingerprint density at radius 3 is 2.32 bits per heavy atom. The van der Waals surface area contributed by atoms with Gasteiger partial charge in [0, 0.05) is 42.8 Å². The Bertz CT molecular complexity index is 700. The first-order chi connectivity index (χ1) is 12.3. The first-order valence-corrected chi connectivity index (χ1v) is 9.44. The van der Waals surface area contributed by atoms with E-state index in [2.05, 4.69) is 40.1 Å². The van der Waals surface area contributed by atoms with Crippen LogP contribution in [-0.4, -0.2) is 42.9 Å². The zero-order chi connectivity index (χ0) is 17.1. The molecule has 25 heavy (non-hydrogen) atoms. The molecule has 2 saturated heterocycles. The van der Waals surface area contributed by atoms with Gasteiger partial charge >= 0.3 is 0 Å². The molecule has 4 rings (SSSR count). The van der Waals surface area contributed by atoms with Crippen LogP contribution in [0.4, 0.5) is 5.69 Å². The molecule has 2 atom stereocenters. The van der Waals surface area contributed by atoms with Gasteiger partial charge in [-0.05, 0) is 37.9 Å². The number of hydrogen-bond acceptors (Lipinski definition) is 3. The minimum atomic E-state index is 0.155. The van der Waals surface area contributed by atoms with Gasteiger partial charge in [0.1, 0.15) is 0 Å². The van der Waals surface area contributed by atoms with Crippen LogP contribution in [0.5, 0.6) is 0 Å². The second-order valence-electron chi connectivity index (χ2n) is 7.29. The van der Waals surface area contributed by atoms with Crippen molar-refractivity contribution in [1.82, 2.24) is 4.90 Å². The molecule has 2 fully saturated rings. The van der Waals surface area contributed by atoms with E-state index in [1.165, 1.54) is 12.1 Å². The molecule has 2 aromatic rings. The molecule has 0 unspecified atom stereocenters. The minimum Gasteiger partial charge on any atom is -0.370 e. The third kappa shape index (κ3) is 3.62. The van der Waals surface area contributed by atoms with Crippen molar-refractivity contribution >= 4 is 11.5 Å². The van der Waals surface area contributed by atoms with E-state index < -0.39 is 0 Å². The molecular formula is C22H26N2O. The van der Waals surface area contributed by atoms with Crippen molar-refractivity contribution in [3.63, 3.8) is 0 Å². The Kier molecular flexibility index (Phi) is 4.84. The number of Topliss-reactive ketones (excluding diaryl/α,β-unsaturated/α-hetero) is 1. The molecule has 0 bridgehead atoms. The first-order valence-electron chi connectivity index (χ1n) is 9.44. The predicted molar refractivity (Wildman–Crippen MR) is 102 cm³/mol. The van der Waals surface area contributed by atoms with Crippen LogP contribution in [0.2, 0.25) is 0 Å². The molecule has 0 aliphatic carbocycles. The van der Waals surface area contributed by atoms with Crippen molar-refractivity contribution in [2.24, 2.45) is 5.92 Å². The minimum absolute atomic E-state index is 0.155. The standard InChI is InChI=1S/C22H26N2O/c25-22(18-8-3-1-4-9-18)19-10-7-14-23(16-19)21-13-15-24(17-21)20-11-5-2-6-12-20/h1-6,8-9,11-12,19,21H,7,10,13-17H2/t19-,21-/m1/s1. The summed E-state index contributed by atoms with van der Waals surface area (Å²) < 4.78 is 0. The van der Waals surface area contributed by atoms with E-state index >= 15 is 0 Å². The Morgan fingerprint density at radius 2 is 1.56 bits per heavy atom. The van der Waals surface area contributed by atoms with Gasteiger partial charge in [-0.15, -0.1) is 0 Å². The number of anilines is 1. The number of hydrogen-bond donors (Lipinski definition) is 0. The van der Waals surface area contributed by atoms with Crippen molar-refractivity contribution in [3.05, 3.63) is 66.2 Å². The third-order valence-corrected chi connectivity index (χ3v) is 5.68. The molecule has 2 aromatic carbocycles. The van der Waals surface area contributed by atoms with Gasteiger partial charge in [-0.1, -0.05) is 48.5 Å². The van der Waals surface area contributed by atoms with E-state index in [1.54, 1.807) is 0 Å². The maximum Gasteiger partial charge on any atom is 0.167 e. The molecule has 2 heterocycles. The highest BCUT2D eigenvalue weighted by atomic mass is 16.1. The smallest absolute Gasteiger partial charge is 0.167 e. The summed E-state index contributed by atoms with van der Waals surface area (Å²) in [6.45, 7) is 4.24. The second kappa shape index (κ2) is 7.40. The van der Waals surface area contributed by atoms with Gasteiger partial charge in [-0.3, -0.25) is 9.69 Å². The summed E-state index contributed by atoms with van der Waals surface area (Å²) in [5.74, 6) is 0.477. The fraction of sp³-hybridized carbons (Fsp3) is 0.409. The van der Waals surface area contributed by atoms with Gasteiger partial charge in [-0.25, -0.2) is 0 Å². The predicted octanol–water partition coefficient (Wildman–Crippen LogP) is 3.86. The highest BCUT2D eigenvalue weighted by Gasteiger charge is 2.33. The summed E-state index contributed by atoms with van der Waals surface area (Å²) in [4.78, 5) is 17.9. The van der Waals surface area contributed by atoms with E-state index in [4.69, 9.17) is 0 Å². The van der Waals surface area contributed by atoms with Gasteiger partial charge in [0.25, 0.3) is 0 Å². The Labute approximate surface area is 150 Å². The van der Waals surface area contributed by atoms with Crippen LogP contribution in [0, 0.1) is 5.92 Å². The lowest BCUT2D eigenvalue weighted by atomic mass is 9.89. The van der Waals surface area contributed by atoms with Crippen LogP contribution in [0.25, 0.3) is 0 Å². The number of piperidine rings is 1. The number of benzene rings is 2. The summed E-state index contributed by atoms with van der Waals surface area (Å²) in [7, 11) is 0. The maximum atomic E-state index is 12.8. The number of nitrogens with zero attached hydrogens (tertiary/aromatic N) is 2. The van der Waals surface area contributed by atoms with E-state index in [-0.39, 0.29) is 5.92 Å².